The lowest BCUT2D eigenvalue weighted by Crippen LogP contribution is -2.34. The van der Waals surface area contributed by atoms with Gasteiger partial charge in [0, 0.05) is 9.90 Å². The fraction of sp³-hybridized carbons (Fsp3) is 0.0625. The number of benzene rings is 4. The second kappa shape index (κ2) is 11.5. The lowest BCUT2D eigenvalue weighted by Gasteiger charge is -2.30. The van der Waals surface area contributed by atoms with Crippen LogP contribution < -0.4 is 4.90 Å². The van der Waals surface area contributed by atoms with Gasteiger partial charge in [-0.05, 0) is 53.4 Å². The highest BCUT2D eigenvalue weighted by atomic mass is 35.5. The van der Waals surface area contributed by atoms with Gasteiger partial charge in [0.05, 0.1) is 22.3 Å². The molecule has 0 spiro atoms. The first-order valence-corrected chi connectivity index (χ1v) is 13.8. The first-order valence-electron chi connectivity index (χ1n) is 12.2. The van der Waals surface area contributed by atoms with Crippen molar-refractivity contribution < 1.29 is 14.7 Å². The largest absolute Gasteiger partial charge is 0.477 e. The van der Waals surface area contributed by atoms with Crippen molar-refractivity contribution in [3.63, 3.8) is 0 Å². The van der Waals surface area contributed by atoms with Crippen molar-refractivity contribution in [1.82, 2.24) is 0 Å². The number of carboxylic acid groups (broad SMARTS) is 1. The maximum absolute atomic E-state index is 14.0. The summed E-state index contributed by atoms with van der Waals surface area (Å²) in [6, 6.07) is 33.4. The Kier molecular flexibility index (Phi) is 7.84. The third-order valence-corrected chi connectivity index (χ3v) is 8.20. The molecule has 0 bridgehead atoms. The zero-order chi connectivity index (χ0) is 27.5. The van der Waals surface area contributed by atoms with Crippen molar-refractivity contribution in [3.05, 3.63) is 135 Å². The van der Waals surface area contributed by atoms with Crippen LogP contribution in [0, 0.1) is 0 Å². The molecular formula is C32H23Cl2NO3S. The van der Waals surface area contributed by atoms with Gasteiger partial charge in [-0.1, -0.05) is 108 Å². The second-order valence-corrected chi connectivity index (χ2v) is 10.9. The Bertz CT molecular complexity index is 1630. The minimum Gasteiger partial charge on any atom is -0.477 e. The molecule has 4 aromatic carbocycles. The fourth-order valence-electron chi connectivity index (χ4n) is 4.48. The molecule has 4 nitrogen and oxygen atoms in total. The summed E-state index contributed by atoms with van der Waals surface area (Å²) in [5.74, 6) is -1.53. The molecule has 5 rings (SSSR count). The molecule has 0 saturated carbocycles. The van der Waals surface area contributed by atoms with Crippen LogP contribution in [0.5, 0.6) is 0 Å². The van der Waals surface area contributed by atoms with Gasteiger partial charge in [-0.2, -0.15) is 0 Å². The molecule has 0 aliphatic heterocycles. The maximum Gasteiger partial charge on any atom is 0.348 e. The predicted octanol–water partition coefficient (Wildman–Crippen LogP) is 9.50. The van der Waals surface area contributed by atoms with Gasteiger partial charge in [0.1, 0.15) is 4.88 Å². The van der Waals surface area contributed by atoms with Crippen LogP contribution in [0.3, 0.4) is 0 Å². The summed E-state index contributed by atoms with van der Waals surface area (Å²) in [6.45, 7) is 1.87. The molecule has 194 valence electrons. The molecule has 39 heavy (non-hydrogen) atoms. The van der Waals surface area contributed by atoms with Crippen LogP contribution in [0.25, 0.3) is 21.6 Å². The van der Waals surface area contributed by atoms with Gasteiger partial charge in [-0.3, -0.25) is 9.69 Å². The third kappa shape index (κ3) is 5.62. The monoisotopic (exact) mass is 571 g/mol. The van der Waals surface area contributed by atoms with Gasteiger partial charge >= 0.3 is 5.97 Å². The van der Waals surface area contributed by atoms with Gasteiger partial charge in [0.15, 0.2) is 0 Å². The normalized spacial score (nSPS) is 11.7. The average Bonchev–Trinajstić information content (AvgIpc) is 3.39. The van der Waals surface area contributed by atoms with Crippen molar-refractivity contribution in [3.8, 4) is 21.6 Å². The molecule has 0 aliphatic rings. The zero-order valence-electron chi connectivity index (χ0n) is 20.8. The van der Waals surface area contributed by atoms with E-state index in [0.29, 0.717) is 10.7 Å². The molecule has 0 fully saturated rings. The number of carbonyl (C=O) groups excluding carboxylic acids is 1. The Morgan fingerprint density at radius 1 is 0.769 bits per heavy atom. The first-order chi connectivity index (χ1) is 18.8. The summed E-state index contributed by atoms with van der Waals surface area (Å²) in [5.41, 5.74) is 4.41. The van der Waals surface area contributed by atoms with Crippen LogP contribution in [0.2, 0.25) is 10.0 Å². The number of aromatic carboxylic acids is 1. The number of hydrogen-bond acceptors (Lipinski definition) is 3. The fourth-order valence-corrected chi connectivity index (χ4v) is 5.96. The topological polar surface area (TPSA) is 57.6 Å². The molecule has 7 heteroatoms. The molecular weight excluding hydrogens is 549 g/mol. The number of nitrogens with zero attached hydrogens (tertiary/aromatic N) is 1. The Balaban J connectivity index is 1.61. The minimum absolute atomic E-state index is 0.0679. The van der Waals surface area contributed by atoms with Gasteiger partial charge < -0.3 is 5.11 Å². The third-order valence-electron chi connectivity index (χ3n) is 6.49. The summed E-state index contributed by atoms with van der Waals surface area (Å²) in [4.78, 5) is 28.8. The highest BCUT2D eigenvalue weighted by molar-refractivity contribution is 7.18. The molecule has 0 saturated heterocycles. The number of rotatable bonds is 7. The predicted molar refractivity (Wildman–Crippen MR) is 160 cm³/mol. The molecule has 1 aromatic heterocycles. The van der Waals surface area contributed by atoms with Gasteiger partial charge in [0.2, 0.25) is 0 Å². The highest BCUT2D eigenvalue weighted by Gasteiger charge is 2.31. The van der Waals surface area contributed by atoms with Crippen molar-refractivity contribution in [2.75, 3.05) is 4.90 Å². The van der Waals surface area contributed by atoms with Crippen molar-refractivity contribution in [2.45, 2.75) is 13.0 Å². The molecule has 1 heterocycles. The Morgan fingerprint density at radius 3 is 1.97 bits per heavy atom. The summed E-state index contributed by atoms with van der Waals surface area (Å²) in [7, 11) is 0. The van der Waals surface area contributed by atoms with Crippen molar-refractivity contribution in [2.24, 2.45) is 0 Å². The van der Waals surface area contributed by atoms with Crippen LogP contribution >= 0.6 is 34.5 Å². The molecule has 0 aliphatic carbocycles. The summed E-state index contributed by atoms with van der Waals surface area (Å²) in [5, 5.41) is 10.8. The van der Waals surface area contributed by atoms with Gasteiger partial charge in [0.25, 0.3) is 5.91 Å². The number of halogens is 2. The van der Waals surface area contributed by atoms with Crippen LogP contribution in [0.1, 0.15) is 38.6 Å². The minimum atomic E-state index is -1.11. The van der Waals surface area contributed by atoms with Crippen LogP contribution in [-0.2, 0) is 0 Å². The number of carbonyl (C=O) groups is 2. The van der Waals surface area contributed by atoms with E-state index in [4.69, 9.17) is 23.2 Å². The highest BCUT2D eigenvalue weighted by Crippen LogP contribution is 2.41. The van der Waals surface area contributed by atoms with E-state index in [1.165, 1.54) is 11.0 Å². The van der Waals surface area contributed by atoms with Gasteiger partial charge in [-0.25, -0.2) is 4.79 Å². The average molecular weight is 573 g/mol. The van der Waals surface area contributed by atoms with Crippen LogP contribution in [0.4, 0.5) is 5.69 Å². The lowest BCUT2D eigenvalue weighted by molar-refractivity contribution is 0.0703. The van der Waals surface area contributed by atoms with Crippen molar-refractivity contribution >= 4 is 52.1 Å². The number of carboxylic acids is 1. The standard InChI is InChI=1S/C32H23Cl2NO3S/c1-20(21-8-4-2-5-9-21)35(31(36)26-17-16-25(33)18-27(26)34)28-19-29(39-30(28)32(37)38)24-14-12-23(13-15-24)22-10-6-3-7-11-22/h2-20H,1H3,(H,37,38). The summed E-state index contributed by atoms with van der Waals surface area (Å²) in [6.07, 6.45) is 0. The second-order valence-electron chi connectivity index (χ2n) is 8.96. The Morgan fingerprint density at radius 2 is 1.36 bits per heavy atom. The molecule has 1 atom stereocenters. The maximum atomic E-state index is 14.0. The smallest absolute Gasteiger partial charge is 0.348 e. The molecule has 1 unspecified atom stereocenters. The van der Waals surface area contributed by atoms with Crippen molar-refractivity contribution in [1.29, 1.82) is 0 Å². The Labute approximate surface area is 240 Å². The van der Waals surface area contributed by atoms with E-state index in [2.05, 4.69) is 0 Å². The first kappa shape index (κ1) is 26.7. The number of hydrogen-bond donors (Lipinski definition) is 1. The van der Waals surface area contributed by atoms with E-state index in [1.54, 1.807) is 18.2 Å². The van der Waals surface area contributed by atoms with E-state index in [-0.39, 0.29) is 15.5 Å². The lowest BCUT2D eigenvalue weighted by atomic mass is 10.0. The van der Waals surface area contributed by atoms with E-state index >= 15 is 0 Å². The molecule has 1 amide bonds. The number of amides is 1. The molecule has 1 N–H and O–H groups in total. The Hall–Kier alpha value is -3.90. The van der Waals surface area contributed by atoms with E-state index in [9.17, 15) is 14.7 Å². The van der Waals surface area contributed by atoms with E-state index in [1.807, 2.05) is 91.9 Å². The molecule has 5 aromatic rings. The summed E-state index contributed by atoms with van der Waals surface area (Å²) < 4.78 is 0. The quantitative estimate of drug-likeness (QED) is 0.211. The summed E-state index contributed by atoms with van der Waals surface area (Å²) >= 11 is 13.6. The van der Waals surface area contributed by atoms with Crippen LogP contribution in [0.15, 0.2) is 109 Å². The van der Waals surface area contributed by atoms with E-state index in [0.717, 1.165) is 38.5 Å². The van der Waals surface area contributed by atoms with Crippen LogP contribution in [-0.4, -0.2) is 17.0 Å². The van der Waals surface area contributed by atoms with Gasteiger partial charge in [-0.15, -0.1) is 11.3 Å². The van der Waals surface area contributed by atoms with E-state index < -0.39 is 17.9 Å². The zero-order valence-corrected chi connectivity index (χ0v) is 23.2. The molecule has 0 radical (unpaired) electrons. The number of thiophene rings is 1. The SMILES string of the molecule is CC(c1ccccc1)N(C(=O)c1ccc(Cl)cc1Cl)c1cc(-c2ccc(-c3ccccc3)cc2)sc1C(=O)O. The number of anilines is 1.